The topological polar surface area (TPSA) is 31.4 Å². The largest absolute Gasteiger partial charge is 0.314 e. The molecule has 5 heteroatoms. The second-order valence-corrected chi connectivity index (χ2v) is 5.98. The Morgan fingerprint density at radius 2 is 2.33 bits per heavy atom. The molecule has 1 unspecified atom stereocenters. The Bertz CT molecular complexity index is 366. The molecule has 1 atom stereocenters. The van der Waals surface area contributed by atoms with E-state index in [4.69, 9.17) is 0 Å². The fourth-order valence-corrected chi connectivity index (χ4v) is 3.27. The van der Waals surface area contributed by atoms with E-state index in [-0.39, 0.29) is 0 Å². The predicted octanol–water partition coefficient (Wildman–Crippen LogP) is 1.39. The molecule has 2 rings (SSSR count). The van der Waals surface area contributed by atoms with E-state index in [1.807, 2.05) is 7.05 Å². The number of thiazole rings is 1. The van der Waals surface area contributed by atoms with Crippen molar-refractivity contribution in [2.75, 3.05) is 33.7 Å². The standard InChI is InChI=1S/C13H24N4S/c1-4-12-9-17(6-5-16(12)3)8-11-10-18-13(15-11)7-14-2/h10,12,14H,4-9H2,1-3H3. The SMILES string of the molecule is CCC1CN(Cc2csc(CNC)n2)CCN1C. The highest BCUT2D eigenvalue weighted by atomic mass is 32.1. The zero-order chi connectivity index (χ0) is 13.0. The Labute approximate surface area is 114 Å². The lowest BCUT2D eigenvalue weighted by Crippen LogP contribution is -2.50. The molecule has 2 heterocycles. The minimum Gasteiger partial charge on any atom is -0.314 e. The van der Waals surface area contributed by atoms with Crippen LogP contribution in [0.2, 0.25) is 0 Å². The van der Waals surface area contributed by atoms with Crippen LogP contribution in [0.15, 0.2) is 5.38 Å². The highest BCUT2D eigenvalue weighted by Crippen LogP contribution is 2.15. The Kier molecular flexibility index (Phi) is 5.12. The first-order chi connectivity index (χ1) is 8.72. The van der Waals surface area contributed by atoms with Gasteiger partial charge in [0.1, 0.15) is 5.01 Å². The molecule has 0 bridgehead atoms. The maximum atomic E-state index is 4.66. The fraction of sp³-hybridized carbons (Fsp3) is 0.769. The van der Waals surface area contributed by atoms with Crippen molar-refractivity contribution < 1.29 is 0 Å². The smallest absolute Gasteiger partial charge is 0.107 e. The average Bonchev–Trinajstić information content (AvgIpc) is 2.80. The Morgan fingerprint density at radius 1 is 1.50 bits per heavy atom. The number of piperazine rings is 1. The summed E-state index contributed by atoms with van der Waals surface area (Å²) in [6, 6.07) is 0.703. The van der Waals surface area contributed by atoms with Gasteiger partial charge in [0.25, 0.3) is 0 Å². The average molecular weight is 268 g/mol. The summed E-state index contributed by atoms with van der Waals surface area (Å²) >= 11 is 1.76. The predicted molar refractivity (Wildman–Crippen MR) is 76.9 cm³/mol. The van der Waals surface area contributed by atoms with Crippen molar-refractivity contribution in [1.82, 2.24) is 20.1 Å². The number of hydrogen-bond donors (Lipinski definition) is 1. The van der Waals surface area contributed by atoms with E-state index in [0.717, 1.165) is 19.6 Å². The lowest BCUT2D eigenvalue weighted by molar-refractivity contribution is 0.0876. The summed E-state index contributed by atoms with van der Waals surface area (Å²) in [6.07, 6.45) is 1.23. The van der Waals surface area contributed by atoms with Crippen LogP contribution < -0.4 is 5.32 Å². The van der Waals surface area contributed by atoms with Crippen LogP contribution in [0.5, 0.6) is 0 Å². The molecule has 0 aliphatic carbocycles. The minimum atomic E-state index is 0.703. The summed E-state index contributed by atoms with van der Waals surface area (Å²) in [5, 5.41) is 6.54. The number of nitrogens with zero attached hydrogens (tertiary/aromatic N) is 3. The van der Waals surface area contributed by atoms with E-state index >= 15 is 0 Å². The van der Waals surface area contributed by atoms with Gasteiger partial charge in [0.15, 0.2) is 0 Å². The summed E-state index contributed by atoms with van der Waals surface area (Å²) in [6.45, 7) is 7.66. The third kappa shape index (κ3) is 3.51. The van der Waals surface area contributed by atoms with Crippen LogP contribution in [0, 0.1) is 0 Å². The van der Waals surface area contributed by atoms with Gasteiger partial charge in [-0.25, -0.2) is 4.98 Å². The van der Waals surface area contributed by atoms with Gasteiger partial charge in [-0.3, -0.25) is 4.90 Å². The molecule has 0 amide bonds. The molecule has 0 aromatic carbocycles. The Morgan fingerprint density at radius 3 is 3.06 bits per heavy atom. The molecule has 1 saturated heterocycles. The van der Waals surface area contributed by atoms with Crippen molar-refractivity contribution in [1.29, 1.82) is 0 Å². The quantitative estimate of drug-likeness (QED) is 0.874. The third-order valence-electron chi connectivity index (χ3n) is 3.65. The molecule has 1 aromatic rings. The number of nitrogens with one attached hydrogen (secondary N) is 1. The van der Waals surface area contributed by atoms with E-state index < -0.39 is 0 Å². The summed E-state index contributed by atoms with van der Waals surface area (Å²) < 4.78 is 0. The van der Waals surface area contributed by atoms with Crippen molar-refractivity contribution in [2.45, 2.75) is 32.5 Å². The molecule has 1 fully saturated rings. The van der Waals surface area contributed by atoms with Gasteiger partial charge in [-0.2, -0.15) is 0 Å². The van der Waals surface area contributed by atoms with E-state index in [0.29, 0.717) is 6.04 Å². The van der Waals surface area contributed by atoms with E-state index in [1.54, 1.807) is 11.3 Å². The van der Waals surface area contributed by atoms with Gasteiger partial charge in [-0.05, 0) is 20.5 Å². The highest BCUT2D eigenvalue weighted by molar-refractivity contribution is 7.09. The number of rotatable bonds is 5. The minimum absolute atomic E-state index is 0.703. The normalized spacial score (nSPS) is 22.5. The van der Waals surface area contributed by atoms with Gasteiger partial charge < -0.3 is 10.2 Å². The Hall–Kier alpha value is -0.490. The lowest BCUT2D eigenvalue weighted by atomic mass is 10.1. The summed E-state index contributed by atoms with van der Waals surface area (Å²) in [5.74, 6) is 0. The van der Waals surface area contributed by atoms with Crippen LogP contribution >= 0.6 is 11.3 Å². The first-order valence-electron chi connectivity index (χ1n) is 6.73. The van der Waals surface area contributed by atoms with E-state index in [9.17, 15) is 0 Å². The highest BCUT2D eigenvalue weighted by Gasteiger charge is 2.23. The van der Waals surface area contributed by atoms with Crippen molar-refractivity contribution in [3.05, 3.63) is 16.1 Å². The van der Waals surface area contributed by atoms with Crippen molar-refractivity contribution >= 4 is 11.3 Å². The first-order valence-corrected chi connectivity index (χ1v) is 7.61. The van der Waals surface area contributed by atoms with Gasteiger partial charge in [0.2, 0.25) is 0 Å². The molecule has 1 aliphatic rings. The Balaban J connectivity index is 1.88. The number of aromatic nitrogens is 1. The van der Waals surface area contributed by atoms with Crippen LogP contribution in [0.3, 0.4) is 0 Å². The number of hydrogen-bond acceptors (Lipinski definition) is 5. The molecular weight excluding hydrogens is 244 g/mol. The van der Waals surface area contributed by atoms with Crippen molar-refractivity contribution in [3.8, 4) is 0 Å². The molecule has 4 nitrogen and oxygen atoms in total. The molecule has 0 radical (unpaired) electrons. The van der Waals surface area contributed by atoms with Crippen LogP contribution in [-0.4, -0.2) is 54.6 Å². The molecular formula is C13H24N4S. The molecule has 1 aliphatic heterocycles. The van der Waals surface area contributed by atoms with Gasteiger partial charge in [0.05, 0.1) is 5.69 Å². The van der Waals surface area contributed by atoms with Crippen LogP contribution in [0.25, 0.3) is 0 Å². The van der Waals surface area contributed by atoms with Crippen LogP contribution in [0.4, 0.5) is 0 Å². The zero-order valence-corrected chi connectivity index (χ0v) is 12.5. The first kappa shape index (κ1) is 13.9. The van der Waals surface area contributed by atoms with Gasteiger partial charge >= 0.3 is 0 Å². The zero-order valence-electron chi connectivity index (χ0n) is 11.6. The van der Waals surface area contributed by atoms with Crippen molar-refractivity contribution in [2.24, 2.45) is 0 Å². The second-order valence-electron chi connectivity index (χ2n) is 5.04. The molecule has 102 valence electrons. The maximum Gasteiger partial charge on any atom is 0.107 e. The van der Waals surface area contributed by atoms with Crippen LogP contribution in [0.1, 0.15) is 24.0 Å². The third-order valence-corrected chi connectivity index (χ3v) is 4.54. The molecule has 0 saturated carbocycles. The monoisotopic (exact) mass is 268 g/mol. The van der Waals surface area contributed by atoms with Crippen molar-refractivity contribution in [3.63, 3.8) is 0 Å². The van der Waals surface area contributed by atoms with Gasteiger partial charge in [-0.1, -0.05) is 6.92 Å². The lowest BCUT2D eigenvalue weighted by Gasteiger charge is -2.38. The summed E-state index contributed by atoms with van der Waals surface area (Å²) in [7, 11) is 4.20. The molecule has 1 N–H and O–H groups in total. The van der Waals surface area contributed by atoms with Gasteiger partial charge in [0, 0.05) is 44.1 Å². The number of likely N-dealkylation sites (N-methyl/N-ethyl adjacent to an activating group) is 1. The van der Waals surface area contributed by atoms with E-state index in [1.165, 1.54) is 30.2 Å². The molecule has 1 aromatic heterocycles. The van der Waals surface area contributed by atoms with Gasteiger partial charge in [-0.15, -0.1) is 11.3 Å². The maximum absolute atomic E-state index is 4.66. The summed E-state index contributed by atoms with van der Waals surface area (Å²) in [4.78, 5) is 9.67. The summed E-state index contributed by atoms with van der Waals surface area (Å²) in [5.41, 5.74) is 1.23. The second kappa shape index (κ2) is 6.61. The molecule has 18 heavy (non-hydrogen) atoms. The van der Waals surface area contributed by atoms with Crippen LogP contribution in [-0.2, 0) is 13.1 Å². The fourth-order valence-electron chi connectivity index (χ4n) is 2.48. The molecule has 0 spiro atoms. The van der Waals surface area contributed by atoms with E-state index in [2.05, 4.69) is 39.5 Å².